The van der Waals surface area contributed by atoms with E-state index in [0.717, 1.165) is 28.9 Å². The van der Waals surface area contributed by atoms with Gasteiger partial charge in [0.15, 0.2) is 0 Å². The number of H-pyrrole nitrogens is 1. The first-order valence-corrected chi connectivity index (χ1v) is 8.77. The van der Waals surface area contributed by atoms with Crippen molar-refractivity contribution in [1.29, 1.82) is 0 Å². The van der Waals surface area contributed by atoms with Crippen molar-refractivity contribution in [2.45, 2.75) is 26.7 Å². The molecule has 0 aliphatic carbocycles. The lowest BCUT2D eigenvalue weighted by atomic mass is 10.1. The highest BCUT2D eigenvalue weighted by Crippen LogP contribution is 2.13. The van der Waals surface area contributed by atoms with Crippen molar-refractivity contribution in [2.75, 3.05) is 20.1 Å². The summed E-state index contributed by atoms with van der Waals surface area (Å²) in [4.78, 5) is 22.2. The largest absolute Gasteiger partial charge is 0.339 e. The number of aryl methyl sites for hydroxylation is 2. The van der Waals surface area contributed by atoms with Gasteiger partial charge in [-0.05, 0) is 38.0 Å². The average molecular weight is 369 g/mol. The van der Waals surface area contributed by atoms with Crippen LogP contribution in [0.4, 0.5) is 4.79 Å². The molecule has 2 N–H and O–H groups in total. The number of hydrogen-bond acceptors (Lipinski definition) is 6. The number of carbonyl (C=O) groups is 1. The number of nitrogens with zero attached hydrogens (tertiary/aromatic N) is 5. The van der Waals surface area contributed by atoms with Crippen LogP contribution >= 0.6 is 0 Å². The van der Waals surface area contributed by atoms with Crippen molar-refractivity contribution in [1.82, 2.24) is 35.5 Å². The molecule has 0 saturated carbocycles. The smallest absolute Gasteiger partial charge is 0.317 e. The summed E-state index contributed by atoms with van der Waals surface area (Å²) in [5, 5.41) is 13.9. The fourth-order valence-electron chi connectivity index (χ4n) is 2.70. The van der Waals surface area contributed by atoms with Crippen LogP contribution in [0, 0.1) is 13.8 Å². The molecule has 0 aromatic carbocycles. The standard InChI is InChI=1S/C18H23N7O2/c1-12-15(13(2)23-22-12)7-10-25(3)18(26)20-9-6-16-21-17(24-27-16)14-5-4-8-19-11-14/h4-5,8,11H,6-7,9-10H2,1-3H3,(H,20,26)(H,22,23). The minimum atomic E-state index is -0.138. The maximum Gasteiger partial charge on any atom is 0.317 e. The van der Waals surface area contributed by atoms with Crippen LogP contribution in [0.15, 0.2) is 29.0 Å². The number of likely N-dealkylation sites (N-methyl/N-ethyl adjacent to an activating group) is 1. The molecule has 9 nitrogen and oxygen atoms in total. The van der Waals surface area contributed by atoms with E-state index in [1.54, 1.807) is 24.3 Å². The van der Waals surface area contributed by atoms with Gasteiger partial charge in [-0.3, -0.25) is 10.1 Å². The zero-order valence-corrected chi connectivity index (χ0v) is 15.7. The number of aromatic nitrogens is 5. The molecule has 3 heterocycles. The van der Waals surface area contributed by atoms with Crippen LogP contribution in [0.5, 0.6) is 0 Å². The minimum Gasteiger partial charge on any atom is -0.339 e. The van der Waals surface area contributed by atoms with E-state index in [2.05, 4.69) is 30.6 Å². The maximum absolute atomic E-state index is 12.2. The van der Waals surface area contributed by atoms with Crippen LogP contribution < -0.4 is 5.32 Å². The second-order valence-electron chi connectivity index (χ2n) is 6.32. The highest BCUT2D eigenvalue weighted by molar-refractivity contribution is 5.73. The van der Waals surface area contributed by atoms with Crippen LogP contribution in [-0.4, -0.2) is 56.4 Å². The van der Waals surface area contributed by atoms with Crippen LogP contribution in [0.25, 0.3) is 11.4 Å². The summed E-state index contributed by atoms with van der Waals surface area (Å²) >= 11 is 0. The third-order valence-electron chi connectivity index (χ3n) is 4.33. The molecule has 142 valence electrons. The van der Waals surface area contributed by atoms with Gasteiger partial charge in [0.25, 0.3) is 0 Å². The quantitative estimate of drug-likeness (QED) is 0.658. The van der Waals surface area contributed by atoms with E-state index in [1.807, 2.05) is 26.0 Å². The van der Waals surface area contributed by atoms with Gasteiger partial charge >= 0.3 is 6.03 Å². The number of pyridine rings is 1. The number of carbonyl (C=O) groups excluding carboxylic acids is 1. The molecule has 0 aliphatic rings. The van der Waals surface area contributed by atoms with E-state index >= 15 is 0 Å². The van der Waals surface area contributed by atoms with Crippen LogP contribution in [0.1, 0.15) is 22.8 Å². The molecule has 0 saturated heterocycles. The molecule has 27 heavy (non-hydrogen) atoms. The fourth-order valence-corrected chi connectivity index (χ4v) is 2.70. The topological polar surface area (TPSA) is 113 Å². The Balaban J connectivity index is 1.43. The van der Waals surface area contributed by atoms with Crippen molar-refractivity contribution < 1.29 is 9.32 Å². The number of rotatable bonds is 7. The predicted molar refractivity (Wildman–Crippen MR) is 99.0 cm³/mol. The molecule has 9 heteroatoms. The molecule has 0 unspecified atom stereocenters. The summed E-state index contributed by atoms with van der Waals surface area (Å²) in [7, 11) is 1.77. The first-order valence-electron chi connectivity index (χ1n) is 8.77. The van der Waals surface area contributed by atoms with Gasteiger partial charge in [-0.15, -0.1) is 0 Å². The van der Waals surface area contributed by atoms with Crippen molar-refractivity contribution in [3.8, 4) is 11.4 Å². The summed E-state index contributed by atoms with van der Waals surface area (Å²) < 4.78 is 5.22. The lowest BCUT2D eigenvalue weighted by molar-refractivity contribution is 0.209. The molecule has 0 spiro atoms. The van der Waals surface area contributed by atoms with Crippen molar-refractivity contribution in [2.24, 2.45) is 0 Å². The van der Waals surface area contributed by atoms with Crippen LogP contribution in [0.2, 0.25) is 0 Å². The molecule has 0 atom stereocenters. The van der Waals surface area contributed by atoms with Gasteiger partial charge in [-0.1, -0.05) is 5.16 Å². The second kappa shape index (κ2) is 8.43. The van der Waals surface area contributed by atoms with Gasteiger partial charge in [0, 0.05) is 50.2 Å². The van der Waals surface area contributed by atoms with Gasteiger partial charge in [0.05, 0.1) is 5.69 Å². The highest BCUT2D eigenvalue weighted by Gasteiger charge is 2.13. The summed E-state index contributed by atoms with van der Waals surface area (Å²) in [6.45, 7) is 4.98. The Morgan fingerprint density at radius 2 is 2.19 bits per heavy atom. The first-order chi connectivity index (χ1) is 13.0. The maximum atomic E-state index is 12.2. The fraction of sp³-hybridized carbons (Fsp3) is 0.389. The zero-order chi connectivity index (χ0) is 19.2. The van der Waals surface area contributed by atoms with Gasteiger partial charge < -0.3 is 14.7 Å². The van der Waals surface area contributed by atoms with Crippen LogP contribution in [-0.2, 0) is 12.8 Å². The SMILES string of the molecule is Cc1n[nH]c(C)c1CCN(C)C(=O)NCCc1nc(-c2cccnc2)no1. The summed E-state index contributed by atoms with van der Waals surface area (Å²) in [5.41, 5.74) is 3.97. The molecule has 0 fully saturated rings. The molecule has 0 aliphatic heterocycles. The molecule has 0 bridgehead atoms. The third-order valence-corrected chi connectivity index (χ3v) is 4.33. The molecule has 3 rings (SSSR count). The summed E-state index contributed by atoms with van der Waals surface area (Å²) in [6, 6.07) is 3.54. The van der Waals surface area contributed by atoms with Gasteiger partial charge in [0.2, 0.25) is 11.7 Å². The summed E-state index contributed by atoms with van der Waals surface area (Å²) in [5.74, 6) is 0.967. The Kier molecular flexibility index (Phi) is 5.80. The minimum absolute atomic E-state index is 0.138. The summed E-state index contributed by atoms with van der Waals surface area (Å²) in [6.07, 6.45) is 4.59. The monoisotopic (exact) mass is 369 g/mol. The number of nitrogens with one attached hydrogen (secondary N) is 2. The predicted octanol–water partition coefficient (Wildman–Crippen LogP) is 1.90. The first kappa shape index (κ1) is 18.6. The Hall–Kier alpha value is -3.23. The highest BCUT2D eigenvalue weighted by atomic mass is 16.5. The lowest BCUT2D eigenvalue weighted by Gasteiger charge is -2.17. The van der Waals surface area contributed by atoms with Crippen molar-refractivity contribution in [3.05, 3.63) is 47.4 Å². The Bertz CT molecular complexity index is 869. The third kappa shape index (κ3) is 4.69. The van der Waals surface area contributed by atoms with Gasteiger partial charge in [0.1, 0.15) is 0 Å². The molecule has 0 radical (unpaired) electrons. The molecule has 3 aromatic heterocycles. The van der Waals surface area contributed by atoms with Gasteiger partial charge in [-0.25, -0.2) is 4.79 Å². The number of amides is 2. The molecular formula is C18H23N7O2. The number of urea groups is 1. The van der Waals surface area contributed by atoms with Gasteiger partial charge in [-0.2, -0.15) is 10.1 Å². The average Bonchev–Trinajstić information content (AvgIpc) is 3.27. The normalized spacial score (nSPS) is 10.8. The lowest BCUT2D eigenvalue weighted by Crippen LogP contribution is -2.39. The van der Waals surface area contributed by atoms with E-state index in [9.17, 15) is 4.79 Å². The van der Waals surface area contributed by atoms with E-state index < -0.39 is 0 Å². The van der Waals surface area contributed by atoms with E-state index in [0.29, 0.717) is 31.2 Å². The van der Waals surface area contributed by atoms with Crippen molar-refractivity contribution >= 4 is 6.03 Å². The van der Waals surface area contributed by atoms with Crippen LogP contribution in [0.3, 0.4) is 0 Å². The molecule has 3 aromatic rings. The Morgan fingerprint density at radius 3 is 2.89 bits per heavy atom. The Labute approximate surface area is 157 Å². The second-order valence-corrected chi connectivity index (χ2v) is 6.32. The Morgan fingerprint density at radius 1 is 1.33 bits per heavy atom. The van der Waals surface area contributed by atoms with E-state index in [4.69, 9.17) is 4.52 Å². The number of aromatic amines is 1. The zero-order valence-electron chi connectivity index (χ0n) is 15.7. The van der Waals surface area contributed by atoms with E-state index in [1.165, 1.54) is 0 Å². The molecular weight excluding hydrogens is 346 g/mol. The molecule has 2 amide bonds. The number of hydrogen-bond donors (Lipinski definition) is 2. The van der Waals surface area contributed by atoms with E-state index in [-0.39, 0.29) is 6.03 Å². The van der Waals surface area contributed by atoms with Crippen molar-refractivity contribution in [3.63, 3.8) is 0 Å².